The summed E-state index contributed by atoms with van der Waals surface area (Å²) in [5, 5.41) is 10.0. The average molecular weight is 250 g/mol. The zero-order chi connectivity index (χ0) is 13.4. The predicted octanol–water partition coefficient (Wildman–Crippen LogP) is 1.88. The number of ether oxygens (including phenoxy) is 1. The third kappa shape index (κ3) is 4.30. The van der Waals surface area contributed by atoms with Crippen molar-refractivity contribution in [2.45, 2.75) is 25.9 Å². The first kappa shape index (κ1) is 14.4. The summed E-state index contributed by atoms with van der Waals surface area (Å²) in [5.41, 5.74) is 0.679. The molecule has 18 heavy (non-hydrogen) atoms. The molecule has 1 aromatic carbocycles. The molecule has 0 aliphatic carbocycles. The molecular formula is C14H18O4. The van der Waals surface area contributed by atoms with Crippen LogP contribution in [0.3, 0.4) is 0 Å². The Balaban J connectivity index is 2.56. The van der Waals surface area contributed by atoms with Crippen LogP contribution in [0.4, 0.5) is 0 Å². The monoisotopic (exact) mass is 250 g/mol. The largest absolute Gasteiger partial charge is 0.466 e. The minimum absolute atomic E-state index is 0.140. The van der Waals surface area contributed by atoms with Gasteiger partial charge in [-0.1, -0.05) is 30.3 Å². The fourth-order valence-electron chi connectivity index (χ4n) is 1.72. The van der Waals surface area contributed by atoms with E-state index in [1.54, 1.807) is 31.2 Å². The van der Waals surface area contributed by atoms with Gasteiger partial charge < -0.3 is 14.6 Å². The van der Waals surface area contributed by atoms with Gasteiger partial charge in [-0.3, -0.25) is 4.79 Å². The maximum absolute atomic E-state index is 11.2. The van der Waals surface area contributed by atoms with E-state index in [4.69, 9.17) is 4.74 Å². The Kier molecular flexibility index (Phi) is 6.08. The molecule has 0 aliphatic rings. The van der Waals surface area contributed by atoms with Gasteiger partial charge in [0.25, 0.3) is 0 Å². The molecule has 4 heteroatoms. The molecule has 0 heterocycles. The molecule has 0 amide bonds. The summed E-state index contributed by atoms with van der Waals surface area (Å²) in [6.07, 6.45) is 0.245. The Hall–Kier alpha value is -1.68. The van der Waals surface area contributed by atoms with E-state index in [-0.39, 0.29) is 12.4 Å². The van der Waals surface area contributed by atoms with Gasteiger partial charge in [-0.15, -0.1) is 0 Å². The summed E-state index contributed by atoms with van der Waals surface area (Å²) in [4.78, 5) is 22.2. The lowest BCUT2D eigenvalue weighted by Crippen LogP contribution is -2.16. The van der Waals surface area contributed by atoms with Crippen molar-refractivity contribution in [3.63, 3.8) is 0 Å². The molecule has 1 rings (SSSR count). The van der Waals surface area contributed by atoms with Crippen molar-refractivity contribution in [3.05, 3.63) is 35.9 Å². The molecule has 0 radical (unpaired) electrons. The zero-order valence-electron chi connectivity index (χ0n) is 10.4. The van der Waals surface area contributed by atoms with E-state index in [9.17, 15) is 14.7 Å². The molecule has 0 spiro atoms. The summed E-state index contributed by atoms with van der Waals surface area (Å²) in [6, 6.07) is 8.94. The number of carbonyl (C=O) groups excluding carboxylic acids is 2. The van der Waals surface area contributed by atoms with Gasteiger partial charge in [-0.05, 0) is 18.9 Å². The fourth-order valence-corrected chi connectivity index (χ4v) is 1.72. The number of benzene rings is 1. The van der Waals surface area contributed by atoms with Gasteiger partial charge in [0.05, 0.1) is 12.7 Å². The van der Waals surface area contributed by atoms with Crippen molar-refractivity contribution in [1.82, 2.24) is 0 Å². The van der Waals surface area contributed by atoms with E-state index in [1.165, 1.54) is 0 Å². The molecule has 0 saturated heterocycles. The molecule has 0 saturated carbocycles. The van der Waals surface area contributed by atoms with Gasteiger partial charge >= 0.3 is 5.97 Å². The topological polar surface area (TPSA) is 63.6 Å². The lowest BCUT2D eigenvalue weighted by Gasteiger charge is -2.17. The van der Waals surface area contributed by atoms with Crippen molar-refractivity contribution in [3.8, 4) is 0 Å². The molecule has 0 unspecified atom stereocenters. The molecule has 1 N–H and O–H groups in total. The van der Waals surface area contributed by atoms with Crippen molar-refractivity contribution < 1.29 is 19.4 Å². The van der Waals surface area contributed by atoms with E-state index < -0.39 is 12.0 Å². The Morgan fingerprint density at radius 2 is 2.06 bits per heavy atom. The highest BCUT2D eigenvalue weighted by Crippen LogP contribution is 2.24. The first-order chi connectivity index (χ1) is 8.69. The maximum atomic E-state index is 11.2. The lowest BCUT2D eigenvalue weighted by atomic mass is 9.93. The minimum Gasteiger partial charge on any atom is -0.466 e. The van der Waals surface area contributed by atoms with Crippen LogP contribution in [0, 0.1) is 5.92 Å². The maximum Gasteiger partial charge on any atom is 0.305 e. The highest BCUT2D eigenvalue weighted by Gasteiger charge is 2.21. The van der Waals surface area contributed by atoms with Gasteiger partial charge in [-0.2, -0.15) is 0 Å². The van der Waals surface area contributed by atoms with E-state index in [1.807, 2.05) is 6.07 Å². The van der Waals surface area contributed by atoms with Crippen molar-refractivity contribution >= 4 is 12.3 Å². The zero-order valence-corrected chi connectivity index (χ0v) is 10.4. The van der Waals surface area contributed by atoms with Crippen molar-refractivity contribution in [2.75, 3.05) is 6.61 Å². The third-order valence-electron chi connectivity index (χ3n) is 2.71. The van der Waals surface area contributed by atoms with Crippen LogP contribution in [-0.2, 0) is 14.3 Å². The van der Waals surface area contributed by atoms with Gasteiger partial charge in [0.1, 0.15) is 6.29 Å². The summed E-state index contributed by atoms with van der Waals surface area (Å²) in [6.45, 7) is 2.06. The van der Waals surface area contributed by atoms with E-state index in [0.717, 1.165) is 0 Å². The van der Waals surface area contributed by atoms with Crippen LogP contribution in [0.25, 0.3) is 0 Å². The summed E-state index contributed by atoms with van der Waals surface area (Å²) < 4.78 is 4.79. The molecular weight excluding hydrogens is 232 g/mol. The van der Waals surface area contributed by atoms with Crippen molar-refractivity contribution in [2.24, 2.45) is 5.92 Å². The average Bonchev–Trinajstić information content (AvgIpc) is 2.40. The second kappa shape index (κ2) is 7.61. The number of esters is 1. The number of carbonyl (C=O) groups is 2. The smallest absolute Gasteiger partial charge is 0.305 e. The Labute approximate surface area is 107 Å². The van der Waals surface area contributed by atoms with Crippen LogP contribution in [0.2, 0.25) is 0 Å². The molecule has 0 aliphatic heterocycles. The van der Waals surface area contributed by atoms with Gasteiger partial charge in [0, 0.05) is 12.3 Å². The second-order valence-electron chi connectivity index (χ2n) is 4.00. The van der Waals surface area contributed by atoms with Gasteiger partial charge in [0.2, 0.25) is 0 Å². The molecule has 0 fully saturated rings. The van der Waals surface area contributed by atoms with Gasteiger partial charge in [-0.25, -0.2) is 0 Å². The summed E-state index contributed by atoms with van der Waals surface area (Å²) in [7, 11) is 0. The predicted molar refractivity (Wildman–Crippen MR) is 66.8 cm³/mol. The SMILES string of the molecule is CCOC(=O)CC[C@H](C=O)[C@H](O)c1ccccc1. The van der Waals surface area contributed by atoms with E-state index in [2.05, 4.69) is 0 Å². The fraction of sp³-hybridized carbons (Fsp3) is 0.429. The number of rotatable bonds is 7. The van der Waals surface area contributed by atoms with E-state index in [0.29, 0.717) is 24.9 Å². The number of aliphatic hydroxyl groups excluding tert-OH is 1. The first-order valence-electron chi connectivity index (χ1n) is 6.03. The highest BCUT2D eigenvalue weighted by atomic mass is 16.5. The Morgan fingerprint density at radius 1 is 1.39 bits per heavy atom. The summed E-state index contributed by atoms with van der Waals surface area (Å²) in [5.74, 6) is -0.929. The number of aldehydes is 1. The number of hydrogen-bond donors (Lipinski definition) is 1. The molecule has 0 bridgehead atoms. The van der Waals surface area contributed by atoms with Crippen LogP contribution >= 0.6 is 0 Å². The highest BCUT2D eigenvalue weighted by molar-refractivity contribution is 5.70. The van der Waals surface area contributed by atoms with Gasteiger partial charge in [0.15, 0.2) is 0 Å². The molecule has 98 valence electrons. The van der Waals surface area contributed by atoms with Crippen molar-refractivity contribution in [1.29, 1.82) is 0 Å². The minimum atomic E-state index is -0.877. The molecule has 1 aromatic rings. The van der Waals surface area contributed by atoms with Crippen LogP contribution in [0.15, 0.2) is 30.3 Å². The van der Waals surface area contributed by atoms with Crippen LogP contribution in [0.5, 0.6) is 0 Å². The van der Waals surface area contributed by atoms with E-state index >= 15 is 0 Å². The van der Waals surface area contributed by atoms with Crippen LogP contribution < -0.4 is 0 Å². The Morgan fingerprint density at radius 3 is 2.61 bits per heavy atom. The standard InChI is InChI=1S/C14H18O4/c1-2-18-13(16)9-8-12(10-15)14(17)11-6-4-3-5-7-11/h3-7,10,12,14,17H,2,8-9H2,1H3/t12-,14-/m1/s1. The Bertz CT molecular complexity index is 375. The molecule has 0 aromatic heterocycles. The lowest BCUT2D eigenvalue weighted by molar-refractivity contribution is -0.143. The number of hydrogen-bond acceptors (Lipinski definition) is 4. The second-order valence-corrected chi connectivity index (χ2v) is 4.00. The number of aliphatic hydroxyl groups is 1. The molecule has 2 atom stereocenters. The summed E-state index contributed by atoms with van der Waals surface area (Å²) >= 11 is 0. The third-order valence-corrected chi connectivity index (χ3v) is 2.71. The van der Waals surface area contributed by atoms with Crippen LogP contribution in [0.1, 0.15) is 31.4 Å². The normalized spacial score (nSPS) is 13.7. The van der Waals surface area contributed by atoms with Crippen LogP contribution in [-0.4, -0.2) is 24.0 Å². The molecule has 4 nitrogen and oxygen atoms in total. The quantitative estimate of drug-likeness (QED) is 0.593. The first-order valence-corrected chi connectivity index (χ1v) is 6.03.